The van der Waals surface area contributed by atoms with Crippen LogP contribution in [0.3, 0.4) is 0 Å². The van der Waals surface area contributed by atoms with Gasteiger partial charge in [0.05, 0.1) is 24.9 Å². The summed E-state index contributed by atoms with van der Waals surface area (Å²) in [5.74, 6) is 2.44. The molecule has 0 aliphatic carbocycles. The molecule has 0 spiro atoms. The number of benzene rings is 2. The molecule has 0 aromatic heterocycles. The Balaban J connectivity index is 1.27. The van der Waals surface area contributed by atoms with Crippen LogP contribution in [0.15, 0.2) is 42.5 Å². The first kappa shape index (κ1) is 20.3. The number of para-hydroxylation sites is 2. The number of piperazine rings is 1. The molecule has 7 heteroatoms. The van der Waals surface area contributed by atoms with Crippen molar-refractivity contribution in [3.63, 3.8) is 0 Å². The van der Waals surface area contributed by atoms with Gasteiger partial charge in [0.2, 0.25) is 12.7 Å². The minimum Gasteiger partial charge on any atom is -0.492 e. The van der Waals surface area contributed by atoms with Crippen molar-refractivity contribution < 1.29 is 19.0 Å². The van der Waals surface area contributed by atoms with Crippen LogP contribution in [0, 0.1) is 0 Å². The molecule has 1 atom stereocenters. The summed E-state index contributed by atoms with van der Waals surface area (Å²) in [5, 5.41) is 3.09. The van der Waals surface area contributed by atoms with E-state index in [1.54, 1.807) is 0 Å². The number of fused-ring (bicyclic) bond motifs is 1. The van der Waals surface area contributed by atoms with Crippen molar-refractivity contribution in [2.45, 2.75) is 19.9 Å². The van der Waals surface area contributed by atoms with E-state index in [0.717, 1.165) is 54.7 Å². The molecule has 0 saturated carbocycles. The minimum absolute atomic E-state index is 0.0309. The summed E-state index contributed by atoms with van der Waals surface area (Å²) in [6.07, 6.45) is 0. The van der Waals surface area contributed by atoms with Crippen molar-refractivity contribution in [2.75, 3.05) is 51.0 Å². The summed E-state index contributed by atoms with van der Waals surface area (Å²) in [7, 11) is 0. The molecule has 0 radical (unpaired) electrons. The molecule has 2 aromatic rings. The van der Waals surface area contributed by atoms with Crippen molar-refractivity contribution in [3.8, 4) is 17.2 Å². The summed E-state index contributed by atoms with van der Waals surface area (Å²) in [5.41, 5.74) is 2.13. The Morgan fingerprint density at radius 1 is 1.10 bits per heavy atom. The van der Waals surface area contributed by atoms with Gasteiger partial charge in [-0.1, -0.05) is 18.2 Å². The van der Waals surface area contributed by atoms with E-state index < -0.39 is 0 Å². The van der Waals surface area contributed by atoms with Gasteiger partial charge in [0.15, 0.2) is 11.5 Å². The molecule has 2 aliphatic rings. The van der Waals surface area contributed by atoms with Crippen LogP contribution in [0.2, 0.25) is 0 Å². The molecular formula is C23H29N3O4. The number of nitrogens with zero attached hydrogens (tertiary/aromatic N) is 2. The molecule has 2 aromatic carbocycles. The third-order valence-corrected chi connectivity index (χ3v) is 5.52. The Labute approximate surface area is 177 Å². The monoisotopic (exact) mass is 411 g/mol. The van der Waals surface area contributed by atoms with Gasteiger partial charge in [0, 0.05) is 26.2 Å². The minimum atomic E-state index is -0.0913. The van der Waals surface area contributed by atoms with Crippen molar-refractivity contribution in [1.82, 2.24) is 10.2 Å². The Morgan fingerprint density at radius 3 is 2.67 bits per heavy atom. The first-order chi connectivity index (χ1) is 14.6. The number of carbonyl (C=O) groups is 1. The number of amides is 1. The predicted octanol–water partition coefficient (Wildman–Crippen LogP) is 2.81. The Hall–Kier alpha value is -2.93. The molecule has 1 N–H and O–H groups in total. The van der Waals surface area contributed by atoms with E-state index in [4.69, 9.17) is 14.2 Å². The third kappa shape index (κ3) is 4.62. The first-order valence-electron chi connectivity index (χ1n) is 10.5. The van der Waals surface area contributed by atoms with E-state index in [2.05, 4.69) is 21.2 Å². The summed E-state index contributed by atoms with van der Waals surface area (Å²) in [6.45, 7) is 8.70. The highest BCUT2D eigenvalue weighted by molar-refractivity contribution is 5.78. The third-order valence-electron chi connectivity index (χ3n) is 5.52. The maximum absolute atomic E-state index is 12.6. The fourth-order valence-corrected chi connectivity index (χ4v) is 3.90. The van der Waals surface area contributed by atoms with Crippen molar-refractivity contribution in [1.29, 1.82) is 0 Å². The Morgan fingerprint density at radius 2 is 1.87 bits per heavy atom. The van der Waals surface area contributed by atoms with E-state index in [9.17, 15) is 4.79 Å². The van der Waals surface area contributed by atoms with Crippen LogP contribution < -0.4 is 24.4 Å². The number of hydrogen-bond donors (Lipinski definition) is 1. The lowest BCUT2D eigenvalue weighted by atomic mass is 10.1. The molecule has 0 bridgehead atoms. The topological polar surface area (TPSA) is 63.3 Å². The largest absolute Gasteiger partial charge is 0.492 e. The van der Waals surface area contributed by atoms with Gasteiger partial charge in [-0.25, -0.2) is 0 Å². The highest BCUT2D eigenvalue weighted by Crippen LogP contribution is 2.34. The quantitative estimate of drug-likeness (QED) is 0.756. The Bertz CT molecular complexity index is 881. The number of carbonyl (C=O) groups excluding carboxylic acids is 1. The lowest BCUT2D eigenvalue weighted by Crippen LogP contribution is -2.49. The van der Waals surface area contributed by atoms with Crippen LogP contribution in [-0.2, 0) is 4.79 Å². The smallest absolute Gasteiger partial charge is 0.234 e. The van der Waals surface area contributed by atoms with Crippen LogP contribution in [0.4, 0.5) is 5.69 Å². The molecule has 160 valence electrons. The normalized spacial score (nSPS) is 16.9. The van der Waals surface area contributed by atoms with E-state index in [0.29, 0.717) is 13.2 Å². The SMILES string of the molecule is CCOc1ccccc1N1CCN(CC(=O)N[C@@H](C)c2ccc3c(c2)OCO3)CC1. The molecule has 1 saturated heterocycles. The van der Waals surface area contributed by atoms with Gasteiger partial charge in [0.25, 0.3) is 0 Å². The number of hydrogen-bond acceptors (Lipinski definition) is 6. The van der Waals surface area contributed by atoms with Crippen LogP contribution in [-0.4, -0.2) is 56.9 Å². The van der Waals surface area contributed by atoms with Gasteiger partial charge in [-0.2, -0.15) is 0 Å². The molecular weight excluding hydrogens is 382 g/mol. The van der Waals surface area contributed by atoms with E-state index in [-0.39, 0.29) is 18.7 Å². The lowest BCUT2D eigenvalue weighted by molar-refractivity contribution is -0.123. The molecule has 2 aliphatic heterocycles. The van der Waals surface area contributed by atoms with Crippen LogP contribution in [0.25, 0.3) is 0 Å². The molecule has 30 heavy (non-hydrogen) atoms. The van der Waals surface area contributed by atoms with Gasteiger partial charge in [-0.05, 0) is 43.7 Å². The fraction of sp³-hybridized carbons (Fsp3) is 0.435. The molecule has 4 rings (SSSR count). The zero-order chi connectivity index (χ0) is 20.9. The van der Waals surface area contributed by atoms with Crippen molar-refractivity contribution in [2.24, 2.45) is 0 Å². The molecule has 7 nitrogen and oxygen atoms in total. The van der Waals surface area contributed by atoms with Crippen molar-refractivity contribution >= 4 is 11.6 Å². The average Bonchev–Trinajstić information content (AvgIpc) is 3.23. The molecule has 1 fully saturated rings. The highest BCUT2D eigenvalue weighted by Gasteiger charge is 2.22. The molecule has 1 amide bonds. The van der Waals surface area contributed by atoms with Gasteiger partial charge in [-0.15, -0.1) is 0 Å². The predicted molar refractivity (Wildman–Crippen MR) is 115 cm³/mol. The summed E-state index contributed by atoms with van der Waals surface area (Å²) < 4.78 is 16.5. The van der Waals surface area contributed by atoms with Crippen molar-refractivity contribution in [3.05, 3.63) is 48.0 Å². The van der Waals surface area contributed by atoms with Crippen LogP contribution in [0.5, 0.6) is 17.2 Å². The summed E-state index contributed by atoms with van der Waals surface area (Å²) >= 11 is 0. The maximum Gasteiger partial charge on any atom is 0.234 e. The van der Waals surface area contributed by atoms with Crippen LogP contribution >= 0.6 is 0 Å². The average molecular weight is 412 g/mol. The second-order valence-corrected chi connectivity index (χ2v) is 7.57. The highest BCUT2D eigenvalue weighted by atomic mass is 16.7. The standard InChI is InChI=1S/C23H29N3O4/c1-3-28-20-7-5-4-6-19(20)26-12-10-25(11-13-26)15-23(27)24-17(2)18-8-9-21-22(14-18)30-16-29-21/h4-9,14,17H,3,10-13,15-16H2,1-2H3,(H,24,27)/t17-/m0/s1. The van der Waals surface area contributed by atoms with Gasteiger partial charge >= 0.3 is 0 Å². The Kier molecular flexibility index (Phi) is 6.28. The zero-order valence-corrected chi connectivity index (χ0v) is 17.6. The van der Waals surface area contributed by atoms with Gasteiger partial charge in [0.1, 0.15) is 5.75 Å². The van der Waals surface area contributed by atoms with E-state index >= 15 is 0 Å². The fourth-order valence-electron chi connectivity index (χ4n) is 3.90. The number of anilines is 1. The summed E-state index contributed by atoms with van der Waals surface area (Å²) in [6, 6.07) is 13.8. The lowest BCUT2D eigenvalue weighted by Gasteiger charge is -2.36. The maximum atomic E-state index is 12.6. The van der Waals surface area contributed by atoms with E-state index in [1.165, 1.54) is 0 Å². The first-order valence-corrected chi connectivity index (χ1v) is 10.5. The number of nitrogens with one attached hydrogen (secondary N) is 1. The number of ether oxygens (including phenoxy) is 3. The summed E-state index contributed by atoms with van der Waals surface area (Å²) in [4.78, 5) is 17.1. The second-order valence-electron chi connectivity index (χ2n) is 7.57. The molecule has 0 unspecified atom stereocenters. The zero-order valence-electron chi connectivity index (χ0n) is 17.6. The number of rotatable bonds is 7. The van der Waals surface area contributed by atoms with Gasteiger partial charge in [-0.3, -0.25) is 9.69 Å². The second kappa shape index (κ2) is 9.26. The van der Waals surface area contributed by atoms with Gasteiger partial charge < -0.3 is 24.4 Å². The molecule has 2 heterocycles. The van der Waals surface area contributed by atoms with Crippen LogP contribution in [0.1, 0.15) is 25.5 Å². The van der Waals surface area contributed by atoms with E-state index in [1.807, 2.05) is 50.2 Å².